The second kappa shape index (κ2) is 8.60. The highest BCUT2D eigenvalue weighted by atomic mass is 19.4. The standard InChI is InChI=1S/C20H18F3N3O2/c21-20(22,23)17-2-1-3-18(10-17)28-13-19(27)25-11-15-4-6-16(7-5-15)12-26-9-8-24-14-26/h1-10,14H,11-13H2,(H,25,27). The minimum Gasteiger partial charge on any atom is -0.484 e. The number of amides is 1. The van der Waals surface area contributed by atoms with E-state index in [0.717, 1.165) is 23.3 Å². The third-order valence-electron chi connectivity index (χ3n) is 3.97. The van der Waals surface area contributed by atoms with Crippen molar-refractivity contribution in [1.82, 2.24) is 14.9 Å². The van der Waals surface area contributed by atoms with Gasteiger partial charge in [-0.25, -0.2) is 4.98 Å². The van der Waals surface area contributed by atoms with Gasteiger partial charge in [0.15, 0.2) is 6.61 Å². The average molecular weight is 389 g/mol. The SMILES string of the molecule is O=C(COc1cccc(C(F)(F)F)c1)NCc1ccc(Cn2ccnc2)cc1. The van der Waals surface area contributed by atoms with Crippen LogP contribution in [-0.2, 0) is 24.1 Å². The molecule has 28 heavy (non-hydrogen) atoms. The Balaban J connectivity index is 1.45. The number of imidazole rings is 1. The topological polar surface area (TPSA) is 56.1 Å². The minimum atomic E-state index is -4.45. The summed E-state index contributed by atoms with van der Waals surface area (Å²) in [6.45, 7) is 0.646. The maximum absolute atomic E-state index is 12.7. The van der Waals surface area contributed by atoms with E-state index in [1.807, 2.05) is 35.0 Å². The van der Waals surface area contributed by atoms with Crippen molar-refractivity contribution in [3.05, 3.63) is 83.9 Å². The minimum absolute atomic E-state index is 0.00571. The Hall–Kier alpha value is -3.29. The third-order valence-corrected chi connectivity index (χ3v) is 3.97. The molecule has 8 heteroatoms. The van der Waals surface area contributed by atoms with Gasteiger partial charge < -0.3 is 14.6 Å². The van der Waals surface area contributed by atoms with Crippen LogP contribution in [0.3, 0.4) is 0 Å². The van der Waals surface area contributed by atoms with E-state index in [2.05, 4.69) is 10.3 Å². The molecule has 0 spiro atoms. The predicted octanol–water partition coefficient (Wildman–Crippen LogP) is 3.65. The largest absolute Gasteiger partial charge is 0.484 e. The highest BCUT2D eigenvalue weighted by molar-refractivity contribution is 5.77. The Bertz CT molecular complexity index is 907. The van der Waals surface area contributed by atoms with Gasteiger partial charge in [0.1, 0.15) is 5.75 Å². The number of rotatable bonds is 7. The van der Waals surface area contributed by atoms with E-state index < -0.39 is 17.6 Å². The van der Waals surface area contributed by atoms with Crippen LogP contribution in [0.5, 0.6) is 5.75 Å². The molecule has 0 atom stereocenters. The summed E-state index contributed by atoms with van der Waals surface area (Å²) in [5.74, 6) is -0.422. The van der Waals surface area contributed by atoms with Crippen molar-refractivity contribution in [3.63, 3.8) is 0 Å². The van der Waals surface area contributed by atoms with Crippen LogP contribution in [0.1, 0.15) is 16.7 Å². The lowest BCUT2D eigenvalue weighted by Gasteiger charge is -2.11. The van der Waals surface area contributed by atoms with Crippen molar-refractivity contribution in [2.45, 2.75) is 19.3 Å². The van der Waals surface area contributed by atoms with E-state index in [9.17, 15) is 18.0 Å². The third kappa shape index (κ3) is 5.60. The molecule has 0 bridgehead atoms. The first-order valence-corrected chi connectivity index (χ1v) is 8.50. The van der Waals surface area contributed by atoms with E-state index in [4.69, 9.17) is 4.74 Å². The Kier molecular flexibility index (Phi) is 5.98. The van der Waals surface area contributed by atoms with Crippen LogP contribution < -0.4 is 10.1 Å². The van der Waals surface area contributed by atoms with Crippen molar-refractivity contribution >= 4 is 5.91 Å². The van der Waals surface area contributed by atoms with Gasteiger partial charge in [-0.2, -0.15) is 13.2 Å². The first kappa shape index (κ1) is 19.5. The van der Waals surface area contributed by atoms with Crippen LogP contribution in [0.2, 0.25) is 0 Å². The molecule has 3 aromatic rings. The molecule has 1 amide bonds. The fourth-order valence-electron chi connectivity index (χ4n) is 2.52. The average Bonchev–Trinajstić information content (AvgIpc) is 3.18. The molecule has 1 aromatic heterocycles. The van der Waals surface area contributed by atoms with Crippen LogP contribution in [0.25, 0.3) is 0 Å². The summed E-state index contributed by atoms with van der Waals surface area (Å²) in [6, 6.07) is 12.2. The highest BCUT2D eigenvalue weighted by Gasteiger charge is 2.30. The van der Waals surface area contributed by atoms with Crippen LogP contribution in [0, 0.1) is 0 Å². The second-order valence-electron chi connectivity index (χ2n) is 6.14. The summed E-state index contributed by atoms with van der Waals surface area (Å²) < 4.78 is 45.1. The van der Waals surface area contributed by atoms with Gasteiger partial charge >= 0.3 is 6.18 Å². The summed E-state index contributed by atoms with van der Waals surface area (Å²) >= 11 is 0. The van der Waals surface area contributed by atoms with Crippen LogP contribution in [0.15, 0.2) is 67.3 Å². The van der Waals surface area contributed by atoms with Crippen molar-refractivity contribution in [3.8, 4) is 5.75 Å². The zero-order valence-electron chi connectivity index (χ0n) is 14.8. The van der Waals surface area contributed by atoms with Gasteiger partial charge in [0, 0.05) is 25.5 Å². The molecule has 0 radical (unpaired) electrons. The van der Waals surface area contributed by atoms with Gasteiger partial charge in [-0.15, -0.1) is 0 Å². The Labute approximate surface area is 159 Å². The number of carbonyl (C=O) groups is 1. The van der Waals surface area contributed by atoms with Gasteiger partial charge in [-0.3, -0.25) is 4.79 Å². The van der Waals surface area contributed by atoms with Crippen molar-refractivity contribution in [1.29, 1.82) is 0 Å². The van der Waals surface area contributed by atoms with E-state index in [1.54, 1.807) is 12.5 Å². The molecule has 0 saturated heterocycles. The van der Waals surface area contributed by atoms with Gasteiger partial charge in [-0.1, -0.05) is 30.3 Å². The predicted molar refractivity (Wildman–Crippen MR) is 96.6 cm³/mol. The molecule has 2 aromatic carbocycles. The van der Waals surface area contributed by atoms with Gasteiger partial charge in [0.2, 0.25) is 0 Å². The van der Waals surface area contributed by atoms with Crippen molar-refractivity contribution in [2.24, 2.45) is 0 Å². The molecule has 1 heterocycles. The Morgan fingerprint density at radius 3 is 2.54 bits per heavy atom. The lowest BCUT2D eigenvalue weighted by atomic mass is 10.1. The molecule has 0 aliphatic carbocycles. The summed E-state index contributed by atoms with van der Waals surface area (Å²) in [7, 11) is 0. The maximum atomic E-state index is 12.7. The smallest absolute Gasteiger partial charge is 0.416 e. The molecule has 5 nitrogen and oxygen atoms in total. The fourth-order valence-corrected chi connectivity index (χ4v) is 2.52. The molecule has 0 fully saturated rings. The molecule has 0 saturated carbocycles. The molecule has 146 valence electrons. The molecule has 0 unspecified atom stereocenters. The van der Waals surface area contributed by atoms with Gasteiger partial charge in [-0.05, 0) is 29.3 Å². The lowest BCUT2D eigenvalue weighted by Crippen LogP contribution is -2.28. The van der Waals surface area contributed by atoms with E-state index in [0.29, 0.717) is 13.1 Å². The molecule has 0 aliphatic heterocycles. The Morgan fingerprint density at radius 1 is 1.11 bits per heavy atom. The monoisotopic (exact) mass is 389 g/mol. The van der Waals surface area contributed by atoms with E-state index >= 15 is 0 Å². The number of halogens is 3. The first-order valence-electron chi connectivity index (χ1n) is 8.50. The highest BCUT2D eigenvalue weighted by Crippen LogP contribution is 2.31. The molecular weight excluding hydrogens is 371 g/mol. The quantitative estimate of drug-likeness (QED) is 0.671. The van der Waals surface area contributed by atoms with E-state index in [-0.39, 0.29) is 12.4 Å². The second-order valence-corrected chi connectivity index (χ2v) is 6.14. The molecule has 0 aliphatic rings. The zero-order valence-corrected chi connectivity index (χ0v) is 14.8. The lowest BCUT2D eigenvalue weighted by molar-refractivity contribution is -0.137. The summed E-state index contributed by atoms with van der Waals surface area (Å²) in [4.78, 5) is 15.9. The normalized spacial score (nSPS) is 11.2. The van der Waals surface area contributed by atoms with Gasteiger partial charge in [0.05, 0.1) is 11.9 Å². The number of aromatic nitrogens is 2. The van der Waals surface area contributed by atoms with Crippen LogP contribution in [0.4, 0.5) is 13.2 Å². The van der Waals surface area contributed by atoms with Gasteiger partial charge in [0.25, 0.3) is 5.91 Å². The number of hydrogen-bond acceptors (Lipinski definition) is 3. The van der Waals surface area contributed by atoms with Crippen LogP contribution >= 0.6 is 0 Å². The first-order chi connectivity index (χ1) is 13.4. The number of ether oxygens (including phenoxy) is 1. The molecule has 1 N–H and O–H groups in total. The van der Waals surface area contributed by atoms with Crippen molar-refractivity contribution in [2.75, 3.05) is 6.61 Å². The number of alkyl halides is 3. The number of hydrogen-bond donors (Lipinski definition) is 1. The zero-order chi connectivity index (χ0) is 20.0. The van der Waals surface area contributed by atoms with Crippen LogP contribution in [-0.4, -0.2) is 22.1 Å². The molecule has 3 rings (SSSR count). The maximum Gasteiger partial charge on any atom is 0.416 e. The number of nitrogens with zero attached hydrogens (tertiary/aromatic N) is 2. The van der Waals surface area contributed by atoms with Crippen molar-refractivity contribution < 1.29 is 22.7 Å². The summed E-state index contributed by atoms with van der Waals surface area (Å²) in [5.41, 5.74) is 1.18. The summed E-state index contributed by atoms with van der Waals surface area (Å²) in [6.07, 6.45) is 0.869. The summed E-state index contributed by atoms with van der Waals surface area (Å²) in [5, 5.41) is 2.68. The Morgan fingerprint density at radius 2 is 1.86 bits per heavy atom. The number of nitrogens with one attached hydrogen (secondary N) is 1. The fraction of sp³-hybridized carbons (Fsp3) is 0.200. The number of benzene rings is 2. The number of carbonyl (C=O) groups excluding carboxylic acids is 1. The van der Waals surface area contributed by atoms with E-state index in [1.165, 1.54) is 12.1 Å². The molecular formula is C20H18F3N3O2.